The Hall–Kier alpha value is -0.923. The first kappa shape index (κ1) is 16.4. The summed E-state index contributed by atoms with van der Waals surface area (Å²) in [6.45, 7) is 8.28. The standard InChI is InChI=1S/C14H23BrN4OSi/c1-18(2)14-12-8-11(15)9-16-13(12)19(17-14)10-20-6-7-21(3,4)5/h8-9H,6-7,10H2,1-5H3. The molecule has 2 heterocycles. The number of hydrogen-bond donors (Lipinski definition) is 0. The van der Waals surface area contributed by atoms with E-state index in [4.69, 9.17) is 4.74 Å². The number of anilines is 1. The zero-order chi connectivity index (χ0) is 15.6. The van der Waals surface area contributed by atoms with Gasteiger partial charge < -0.3 is 9.64 Å². The summed E-state index contributed by atoms with van der Waals surface area (Å²) >= 11 is 3.47. The summed E-state index contributed by atoms with van der Waals surface area (Å²) in [7, 11) is 2.92. The highest BCUT2D eigenvalue weighted by molar-refractivity contribution is 9.10. The lowest BCUT2D eigenvalue weighted by Crippen LogP contribution is -2.22. The van der Waals surface area contributed by atoms with Crippen LogP contribution in [0.3, 0.4) is 0 Å². The van der Waals surface area contributed by atoms with Gasteiger partial charge in [-0.3, -0.25) is 0 Å². The van der Waals surface area contributed by atoms with Gasteiger partial charge in [0.1, 0.15) is 6.73 Å². The van der Waals surface area contributed by atoms with Gasteiger partial charge in [0.25, 0.3) is 0 Å². The van der Waals surface area contributed by atoms with Crippen molar-refractivity contribution in [2.24, 2.45) is 0 Å². The maximum atomic E-state index is 5.79. The van der Waals surface area contributed by atoms with Crippen molar-refractivity contribution in [3.8, 4) is 0 Å². The van der Waals surface area contributed by atoms with Gasteiger partial charge in [-0.05, 0) is 28.0 Å². The van der Waals surface area contributed by atoms with Crippen LogP contribution in [0.4, 0.5) is 5.82 Å². The van der Waals surface area contributed by atoms with Crippen LogP contribution in [-0.2, 0) is 11.5 Å². The molecule has 0 unspecified atom stereocenters. The zero-order valence-electron chi connectivity index (χ0n) is 13.4. The Balaban J connectivity index is 2.16. The molecule has 0 saturated heterocycles. The molecule has 0 amide bonds. The van der Waals surface area contributed by atoms with Crippen molar-refractivity contribution in [1.82, 2.24) is 14.8 Å². The minimum Gasteiger partial charge on any atom is -0.361 e. The molecule has 21 heavy (non-hydrogen) atoms. The molecule has 2 aromatic heterocycles. The maximum Gasteiger partial charge on any atom is 0.162 e. The highest BCUT2D eigenvalue weighted by Crippen LogP contribution is 2.26. The van der Waals surface area contributed by atoms with Gasteiger partial charge in [-0.25, -0.2) is 9.67 Å². The second kappa shape index (κ2) is 6.45. The number of pyridine rings is 1. The van der Waals surface area contributed by atoms with Crippen LogP contribution < -0.4 is 4.90 Å². The van der Waals surface area contributed by atoms with E-state index in [0.29, 0.717) is 6.73 Å². The van der Waals surface area contributed by atoms with Crippen LogP contribution >= 0.6 is 15.9 Å². The molecular weight excluding hydrogens is 348 g/mol. The van der Waals surface area contributed by atoms with Crippen molar-refractivity contribution in [3.63, 3.8) is 0 Å². The molecule has 0 bridgehead atoms. The van der Waals surface area contributed by atoms with E-state index in [1.54, 1.807) is 6.20 Å². The van der Waals surface area contributed by atoms with E-state index in [-0.39, 0.29) is 0 Å². The van der Waals surface area contributed by atoms with E-state index in [2.05, 4.69) is 45.7 Å². The van der Waals surface area contributed by atoms with Crippen molar-refractivity contribution in [2.45, 2.75) is 32.4 Å². The smallest absolute Gasteiger partial charge is 0.162 e. The lowest BCUT2D eigenvalue weighted by molar-refractivity contribution is 0.0814. The number of nitrogens with zero attached hydrogens (tertiary/aromatic N) is 4. The quantitative estimate of drug-likeness (QED) is 0.575. The summed E-state index contributed by atoms with van der Waals surface area (Å²) in [4.78, 5) is 6.46. The molecule has 0 aliphatic heterocycles. The summed E-state index contributed by atoms with van der Waals surface area (Å²) in [6, 6.07) is 3.20. The van der Waals surface area contributed by atoms with E-state index >= 15 is 0 Å². The summed E-state index contributed by atoms with van der Waals surface area (Å²) in [5.74, 6) is 0.910. The number of hydrogen-bond acceptors (Lipinski definition) is 4. The lowest BCUT2D eigenvalue weighted by atomic mass is 10.3. The van der Waals surface area contributed by atoms with Crippen LogP contribution in [0.1, 0.15) is 0 Å². The van der Waals surface area contributed by atoms with Gasteiger partial charge in [0, 0.05) is 39.4 Å². The fraction of sp³-hybridized carbons (Fsp3) is 0.571. The van der Waals surface area contributed by atoms with Crippen molar-refractivity contribution < 1.29 is 4.74 Å². The first-order chi connectivity index (χ1) is 9.78. The SMILES string of the molecule is CN(C)c1nn(COCC[Si](C)(C)C)c2ncc(Br)cc12. The molecule has 0 aliphatic carbocycles. The Kier molecular flexibility index (Phi) is 5.06. The Morgan fingerprint density at radius 2 is 2.05 bits per heavy atom. The van der Waals surface area contributed by atoms with Crippen molar-refractivity contribution >= 4 is 40.9 Å². The minimum atomic E-state index is -1.05. The highest BCUT2D eigenvalue weighted by Gasteiger charge is 2.15. The highest BCUT2D eigenvalue weighted by atomic mass is 79.9. The molecule has 5 nitrogen and oxygen atoms in total. The fourth-order valence-electron chi connectivity index (χ4n) is 1.97. The second-order valence-electron chi connectivity index (χ2n) is 6.59. The number of aromatic nitrogens is 3. The maximum absolute atomic E-state index is 5.79. The average molecular weight is 371 g/mol. The number of halogens is 1. The molecule has 0 N–H and O–H groups in total. The molecule has 7 heteroatoms. The van der Waals surface area contributed by atoms with Crippen LogP contribution in [0, 0.1) is 0 Å². The molecule has 2 rings (SSSR count). The van der Waals surface area contributed by atoms with E-state index in [9.17, 15) is 0 Å². The zero-order valence-corrected chi connectivity index (χ0v) is 15.9. The van der Waals surface area contributed by atoms with Gasteiger partial charge in [-0.15, -0.1) is 0 Å². The molecule has 0 saturated carbocycles. The van der Waals surface area contributed by atoms with Crippen LogP contribution in [0.5, 0.6) is 0 Å². The van der Waals surface area contributed by atoms with E-state index < -0.39 is 8.07 Å². The van der Waals surface area contributed by atoms with E-state index in [1.165, 1.54) is 0 Å². The first-order valence-electron chi connectivity index (χ1n) is 7.05. The third-order valence-electron chi connectivity index (χ3n) is 3.17. The van der Waals surface area contributed by atoms with E-state index in [0.717, 1.165) is 34.0 Å². The van der Waals surface area contributed by atoms with Crippen molar-refractivity contribution in [2.75, 3.05) is 25.6 Å². The summed E-state index contributed by atoms with van der Waals surface area (Å²) < 4.78 is 8.58. The molecular formula is C14H23BrN4OSi. The third kappa shape index (κ3) is 4.27. The molecule has 0 fully saturated rings. The van der Waals surface area contributed by atoms with Crippen molar-refractivity contribution in [3.05, 3.63) is 16.7 Å². The first-order valence-corrected chi connectivity index (χ1v) is 11.5. The monoisotopic (exact) mass is 370 g/mol. The van der Waals surface area contributed by atoms with Gasteiger partial charge in [0.05, 0.1) is 5.39 Å². The van der Waals surface area contributed by atoms with Crippen LogP contribution in [-0.4, -0.2) is 43.5 Å². The predicted molar refractivity (Wildman–Crippen MR) is 93.7 cm³/mol. The Labute approximate surface area is 135 Å². The van der Waals surface area contributed by atoms with Gasteiger partial charge in [-0.2, -0.15) is 5.10 Å². The molecule has 2 aromatic rings. The number of ether oxygens (including phenoxy) is 1. The Morgan fingerprint density at radius 3 is 2.67 bits per heavy atom. The van der Waals surface area contributed by atoms with Crippen molar-refractivity contribution in [1.29, 1.82) is 0 Å². The largest absolute Gasteiger partial charge is 0.361 e. The van der Waals surface area contributed by atoms with Crippen LogP contribution in [0.15, 0.2) is 16.7 Å². The van der Waals surface area contributed by atoms with Gasteiger partial charge in [0.2, 0.25) is 0 Å². The van der Waals surface area contributed by atoms with E-state index in [1.807, 2.05) is 29.7 Å². The molecule has 0 radical (unpaired) electrons. The topological polar surface area (TPSA) is 43.2 Å². The molecule has 116 valence electrons. The number of fused-ring (bicyclic) bond motifs is 1. The fourth-order valence-corrected chi connectivity index (χ4v) is 3.06. The third-order valence-corrected chi connectivity index (χ3v) is 5.31. The minimum absolute atomic E-state index is 0.448. The second-order valence-corrected chi connectivity index (χ2v) is 13.1. The molecule has 0 aliphatic rings. The summed E-state index contributed by atoms with van der Waals surface area (Å²) in [5, 5.41) is 5.64. The predicted octanol–water partition coefficient (Wildman–Crippen LogP) is 3.57. The summed E-state index contributed by atoms with van der Waals surface area (Å²) in [5.41, 5.74) is 0.856. The lowest BCUT2D eigenvalue weighted by Gasteiger charge is -2.15. The van der Waals surface area contributed by atoms with Gasteiger partial charge in [0.15, 0.2) is 11.5 Å². The summed E-state index contributed by atoms with van der Waals surface area (Å²) in [6.07, 6.45) is 1.79. The average Bonchev–Trinajstić information content (AvgIpc) is 2.71. The molecule has 0 atom stereocenters. The van der Waals surface area contributed by atoms with Crippen LogP contribution in [0.2, 0.25) is 25.7 Å². The van der Waals surface area contributed by atoms with Crippen LogP contribution in [0.25, 0.3) is 11.0 Å². The normalized spacial score (nSPS) is 12.1. The Morgan fingerprint density at radius 1 is 1.33 bits per heavy atom. The van der Waals surface area contributed by atoms with Gasteiger partial charge >= 0.3 is 0 Å². The Bertz CT molecular complexity index is 621. The molecule has 0 spiro atoms. The number of rotatable bonds is 6. The molecule has 0 aromatic carbocycles. The van der Waals surface area contributed by atoms with Gasteiger partial charge in [-0.1, -0.05) is 19.6 Å².